The van der Waals surface area contributed by atoms with Crippen molar-refractivity contribution in [1.29, 1.82) is 0 Å². The Hall–Kier alpha value is -0.360. The summed E-state index contributed by atoms with van der Waals surface area (Å²) in [6.07, 6.45) is 0. The second-order valence-corrected chi connectivity index (χ2v) is 3.88. The third-order valence-corrected chi connectivity index (χ3v) is 2.89. The zero-order chi connectivity index (χ0) is 9.30. The molecular formula is C7H5ClINO2. The van der Waals surface area contributed by atoms with E-state index in [1.807, 2.05) is 6.92 Å². The standard InChI is InChI=1S/C7H5ClINO2/c1-4-2-7(10(11)12)5(8)3-6(4)9/h2-3H,1H3. The molecule has 0 fully saturated rings. The SMILES string of the molecule is Cc1cc([N+](=O)[O-])c(Cl)cc1I. The summed E-state index contributed by atoms with van der Waals surface area (Å²) in [5.74, 6) is 0. The van der Waals surface area contributed by atoms with E-state index in [9.17, 15) is 10.1 Å². The molecule has 0 aliphatic heterocycles. The van der Waals surface area contributed by atoms with Gasteiger partial charge in [0.2, 0.25) is 0 Å². The lowest BCUT2D eigenvalue weighted by Crippen LogP contribution is -1.91. The van der Waals surface area contributed by atoms with Crippen LogP contribution in [0.4, 0.5) is 5.69 Å². The summed E-state index contributed by atoms with van der Waals surface area (Å²) in [6.45, 7) is 1.81. The molecule has 0 bridgehead atoms. The Morgan fingerprint density at radius 2 is 2.17 bits per heavy atom. The van der Waals surface area contributed by atoms with Gasteiger partial charge in [-0.2, -0.15) is 0 Å². The maximum Gasteiger partial charge on any atom is 0.288 e. The quantitative estimate of drug-likeness (QED) is 0.454. The van der Waals surface area contributed by atoms with Crippen molar-refractivity contribution in [2.45, 2.75) is 6.92 Å². The molecule has 0 saturated carbocycles. The molecule has 0 radical (unpaired) electrons. The third kappa shape index (κ3) is 1.87. The highest BCUT2D eigenvalue weighted by Crippen LogP contribution is 2.28. The Labute approximate surface area is 88.0 Å². The van der Waals surface area contributed by atoms with Crippen LogP contribution in [0.3, 0.4) is 0 Å². The van der Waals surface area contributed by atoms with Crippen LogP contribution in [0, 0.1) is 20.6 Å². The summed E-state index contributed by atoms with van der Waals surface area (Å²) in [5, 5.41) is 10.6. The van der Waals surface area contributed by atoms with E-state index in [2.05, 4.69) is 22.6 Å². The van der Waals surface area contributed by atoms with Crippen molar-refractivity contribution in [2.24, 2.45) is 0 Å². The average Bonchev–Trinajstić information content (AvgIpc) is 1.96. The highest BCUT2D eigenvalue weighted by Gasteiger charge is 2.13. The number of hydrogen-bond acceptors (Lipinski definition) is 2. The molecular weight excluding hydrogens is 292 g/mol. The number of aryl methyl sites for hydroxylation is 1. The molecule has 0 aromatic heterocycles. The first-order valence-electron chi connectivity index (χ1n) is 3.12. The zero-order valence-corrected chi connectivity index (χ0v) is 9.09. The normalized spacial score (nSPS) is 9.92. The lowest BCUT2D eigenvalue weighted by atomic mass is 10.2. The molecule has 12 heavy (non-hydrogen) atoms. The summed E-state index contributed by atoms with van der Waals surface area (Å²) < 4.78 is 0.934. The van der Waals surface area contributed by atoms with Gasteiger partial charge in [-0.05, 0) is 41.1 Å². The number of halogens is 2. The van der Waals surface area contributed by atoms with E-state index in [1.54, 1.807) is 6.07 Å². The maximum absolute atomic E-state index is 10.4. The molecule has 3 nitrogen and oxygen atoms in total. The molecule has 0 aliphatic carbocycles. The Bertz CT molecular complexity index is 340. The number of nitro groups is 1. The van der Waals surface area contributed by atoms with E-state index in [0.717, 1.165) is 9.13 Å². The highest BCUT2D eigenvalue weighted by molar-refractivity contribution is 14.1. The summed E-state index contributed by atoms with van der Waals surface area (Å²) in [6, 6.07) is 3.07. The number of nitrogens with zero attached hydrogens (tertiary/aromatic N) is 1. The monoisotopic (exact) mass is 297 g/mol. The van der Waals surface area contributed by atoms with Gasteiger partial charge in [0.05, 0.1) is 4.92 Å². The molecule has 0 unspecified atom stereocenters. The fraction of sp³-hybridized carbons (Fsp3) is 0.143. The number of rotatable bonds is 1. The van der Waals surface area contributed by atoms with Crippen LogP contribution >= 0.6 is 34.2 Å². The molecule has 0 heterocycles. The lowest BCUT2D eigenvalue weighted by Gasteiger charge is -1.99. The van der Waals surface area contributed by atoms with E-state index in [1.165, 1.54) is 6.07 Å². The first-order valence-corrected chi connectivity index (χ1v) is 4.58. The van der Waals surface area contributed by atoms with Crippen LogP contribution in [0.15, 0.2) is 12.1 Å². The van der Waals surface area contributed by atoms with E-state index in [0.29, 0.717) is 0 Å². The van der Waals surface area contributed by atoms with Gasteiger partial charge in [-0.25, -0.2) is 0 Å². The van der Waals surface area contributed by atoms with Crippen LogP contribution in [0.1, 0.15) is 5.56 Å². The smallest absolute Gasteiger partial charge is 0.258 e. The minimum absolute atomic E-state index is 0.0328. The van der Waals surface area contributed by atoms with Crippen molar-refractivity contribution in [3.05, 3.63) is 36.4 Å². The highest BCUT2D eigenvalue weighted by atomic mass is 127. The second-order valence-electron chi connectivity index (χ2n) is 2.31. The molecule has 0 spiro atoms. The first-order chi connectivity index (χ1) is 5.52. The number of benzene rings is 1. The minimum Gasteiger partial charge on any atom is -0.258 e. The molecule has 5 heteroatoms. The molecule has 1 aromatic carbocycles. The minimum atomic E-state index is -0.481. The fourth-order valence-corrected chi connectivity index (χ4v) is 1.67. The van der Waals surface area contributed by atoms with E-state index < -0.39 is 4.92 Å². The van der Waals surface area contributed by atoms with Gasteiger partial charge in [0.15, 0.2) is 0 Å². The van der Waals surface area contributed by atoms with E-state index in [-0.39, 0.29) is 10.7 Å². The lowest BCUT2D eigenvalue weighted by molar-refractivity contribution is -0.384. The van der Waals surface area contributed by atoms with Gasteiger partial charge in [0.25, 0.3) is 5.69 Å². The van der Waals surface area contributed by atoms with Crippen molar-refractivity contribution in [2.75, 3.05) is 0 Å². The summed E-state index contributed by atoms with van der Waals surface area (Å²) in [7, 11) is 0. The molecule has 0 aliphatic rings. The molecule has 1 aromatic rings. The average molecular weight is 297 g/mol. The van der Waals surface area contributed by atoms with E-state index in [4.69, 9.17) is 11.6 Å². The molecule has 0 amide bonds. The summed E-state index contributed by atoms with van der Waals surface area (Å²) >= 11 is 7.73. The van der Waals surface area contributed by atoms with Gasteiger partial charge >= 0.3 is 0 Å². The fourth-order valence-electron chi connectivity index (χ4n) is 0.782. The van der Waals surface area contributed by atoms with Crippen molar-refractivity contribution in [3.63, 3.8) is 0 Å². The molecule has 0 saturated heterocycles. The van der Waals surface area contributed by atoms with Crippen molar-refractivity contribution >= 4 is 39.9 Å². The Morgan fingerprint density at radius 1 is 1.58 bits per heavy atom. The first kappa shape index (κ1) is 9.73. The van der Waals surface area contributed by atoms with Crippen LogP contribution in [-0.2, 0) is 0 Å². The van der Waals surface area contributed by atoms with Gasteiger partial charge < -0.3 is 0 Å². The van der Waals surface area contributed by atoms with Crippen LogP contribution in [0.2, 0.25) is 5.02 Å². The predicted octanol–water partition coefficient (Wildman–Crippen LogP) is 3.16. The Balaban J connectivity index is 3.33. The largest absolute Gasteiger partial charge is 0.288 e. The Kier molecular flexibility index (Phi) is 2.89. The van der Waals surface area contributed by atoms with Crippen molar-refractivity contribution < 1.29 is 4.92 Å². The van der Waals surface area contributed by atoms with Gasteiger partial charge in [-0.1, -0.05) is 11.6 Å². The van der Waals surface area contributed by atoms with Gasteiger partial charge in [-0.15, -0.1) is 0 Å². The maximum atomic E-state index is 10.4. The van der Waals surface area contributed by atoms with Crippen LogP contribution < -0.4 is 0 Å². The van der Waals surface area contributed by atoms with Crippen molar-refractivity contribution in [3.8, 4) is 0 Å². The van der Waals surface area contributed by atoms with E-state index >= 15 is 0 Å². The topological polar surface area (TPSA) is 43.1 Å². The van der Waals surface area contributed by atoms with Crippen LogP contribution in [-0.4, -0.2) is 4.92 Å². The zero-order valence-electron chi connectivity index (χ0n) is 6.17. The van der Waals surface area contributed by atoms with Gasteiger partial charge in [0.1, 0.15) is 5.02 Å². The molecule has 0 atom stereocenters. The second kappa shape index (κ2) is 3.57. The third-order valence-electron chi connectivity index (χ3n) is 1.42. The number of hydrogen-bond donors (Lipinski definition) is 0. The van der Waals surface area contributed by atoms with Gasteiger partial charge in [0, 0.05) is 9.64 Å². The molecule has 0 N–H and O–H groups in total. The Morgan fingerprint density at radius 3 is 2.67 bits per heavy atom. The van der Waals surface area contributed by atoms with Crippen LogP contribution in [0.5, 0.6) is 0 Å². The molecule has 64 valence electrons. The number of nitro benzene ring substituents is 1. The molecule has 1 rings (SSSR count). The van der Waals surface area contributed by atoms with Crippen LogP contribution in [0.25, 0.3) is 0 Å². The summed E-state index contributed by atoms with van der Waals surface area (Å²) in [4.78, 5) is 9.92. The van der Waals surface area contributed by atoms with Crippen molar-refractivity contribution in [1.82, 2.24) is 0 Å². The van der Waals surface area contributed by atoms with Gasteiger partial charge in [-0.3, -0.25) is 10.1 Å². The predicted molar refractivity (Wildman–Crippen MR) is 55.6 cm³/mol. The summed E-state index contributed by atoms with van der Waals surface area (Å²) in [5.41, 5.74) is 0.835.